The number of thiophene rings is 1. The van der Waals surface area contributed by atoms with Crippen LogP contribution in [0.2, 0.25) is 0 Å². The minimum Gasteiger partial charge on any atom is -0.309 e. The summed E-state index contributed by atoms with van der Waals surface area (Å²) in [5.74, 6) is 2.92. The van der Waals surface area contributed by atoms with Crippen LogP contribution in [0.3, 0.4) is 0 Å². The van der Waals surface area contributed by atoms with E-state index in [1.807, 2.05) is 11.3 Å². The van der Waals surface area contributed by atoms with Crippen LogP contribution in [0.4, 0.5) is 17.1 Å². The molecule has 1 nitrogen and oxygen atoms in total. The molecule has 4 bridgehead atoms. The van der Waals surface area contributed by atoms with Gasteiger partial charge in [-0.05, 0) is 148 Å². The smallest absolute Gasteiger partial charge is 0.0640 e. The molecule has 0 unspecified atom stereocenters. The standard InChI is InChI=1S/C55H47NS/c1-54(2)49-11-5-3-8-45(49)46-27-26-44(31-50(46)54)56(51-12-7-10-48-47-9-4-6-13-52(47)57-53(48)51)43-24-20-41(21-25-43)39-16-14-38(15-17-39)40-18-22-42(23-19-40)55-32-35-28-36(33-55)30-37(29-35)34-55/h3-27,31,35-37H,28-30,32-34H2,1-2H3. The van der Waals surface area contributed by atoms with Crippen molar-refractivity contribution in [1.82, 2.24) is 0 Å². The Labute approximate surface area is 340 Å². The molecule has 4 fully saturated rings. The van der Waals surface area contributed by atoms with Crippen molar-refractivity contribution < 1.29 is 0 Å². The second kappa shape index (κ2) is 12.5. The molecule has 0 saturated heterocycles. The van der Waals surface area contributed by atoms with E-state index in [2.05, 4.69) is 176 Å². The first-order chi connectivity index (χ1) is 27.9. The Morgan fingerprint density at radius 1 is 0.491 bits per heavy atom. The van der Waals surface area contributed by atoms with Crippen LogP contribution in [0.5, 0.6) is 0 Å². The van der Waals surface area contributed by atoms with Crippen molar-refractivity contribution in [3.8, 4) is 33.4 Å². The molecule has 4 saturated carbocycles. The van der Waals surface area contributed by atoms with Crippen LogP contribution in [-0.4, -0.2) is 0 Å². The van der Waals surface area contributed by atoms with Gasteiger partial charge in [-0.1, -0.05) is 135 Å². The molecule has 0 N–H and O–H groups in total. The van der Waals surface area contributed by atoms with E-state index in [1.165, 1.54) is 115 Å². The van der Waals surface area contributed by atoms with E-state index in [4.69, 9.17) is 0 Å². The number of rotatable bonds is 6. The Balaban J connectivity index is 0.884. The van der Waals surface area contributed by atoms with Crippen molar-refractivity contribution >= 4 is 48.6 Å². The fraction of sp³-hybridized carbons (Fsp3) is 0.236. The molecule has 5 aliphatic rings. The highest BCUT2D eigenvalue weighted by molar-refractivity contribution is 7.26. The van der Waals surface area contributed by atoms with Crippen LogP contribution in [0.15, 0.2) is 158 Å². The molecule has 278 valence electrons. The monoisotopic (exact) mass is 753 g/mol. The highest BCUT2D eigenvalue weighted by Gasteiger charge is 2.51. The first-order valence-electron chi connectivity index (χ1n) is 21.2. The zero-order valence-corrected chi connectivity index (χ0v) is 33.7. The molecule has 0 spiro atoms. The molecule has 8 aromatic rings. The van der Waals surface area contributed by atoms with E-state index in [1.54, 1.807) is 5.56 Å². The Bertz CT molecular complexity index is 2800. The summed E-state index contributed by atoms with van der Waals surface area (Å²) in [7, 11) is 0. The molecule has 2 heteroatoms. The van der Waals surface area contributed by atoms with Gasteiger partial charge < -0.3 is 4.90 Å². The topological polar surface area (TPSA) is 3.24 Å². The summed E-state index contributed by atoms with van der Waals surface area (Å²) in [4.78, 5) is 2.48. The molecule has 7 aromatic carbocycles. The van der Waals surface area contributed by atoms with Crippen molar-refractivity contribution in [3.05, 3.63) is 174 Å². The van der Waals surface area contributed by atoms with Gasteiger partial charge in [0.05, 0.1) is 10.4 Å². The van der Waals surface area contributed by atoms with Gasteiger partial charge in [0.1, 0.15) is 0 Å². The minimum absolute atomic E-state index is 0.0796. The molecule has 0 amide bonds. The minimum atomic E-state index is -0.0796. The SMILES string of the molecule is CC1(C)c2ccccc2-c2ccc(N(c3ccc(-c4ccc(-c5ccc(C67CC8CC(CC(C8)C6)C7)cc5)cc4)cc3)c3cccc4c3sc3ccccc34)cc21. The molecule has 0 atom stereocenters. The van der Waals surface area contributed by atoms with Crippen LogP contribution in [0, 0.1) is 17.8 Å². The predicted molar refractivity (Wildman–Crippen MR) is 242 cm³/mol. The quantitative estimate of drug-likeness (QED) is 0.163. The summed E-state index contributed by atoms with van der Waals surface area (Å²) in [5.41, 5.74) is 16.1. The van der Waals surface area contributed by atoms with Crippen LogP contribution in [-0.2, 0) is 10.8 Å². The third-order valence-corrected chi connectivity index (χ3v) is 15.9. The van der Waals surface area contributed by atoms with E-state index in [-0.39, 0.29) is 5.41 Å². The lowest BCUT2D eigenvalue weighted by Crippen LogP contribution is -2.48. The van der Waals surface area contributed by atoms with Crippen LogP contribution in [0.25, 0.3) is 53.6 Å². The normalized spacial score (nSPS) is 22.5. The number of fused-ring (bicyclic) bond motifs is 6. The Hall–Kier alpha value is -5.44. The zero-order valence-electron chi connectivity index (χ0n) is 32.8. The molecule has 1 aromatic heterocycles. The van der Waals surface area contributed by atoms with Gasteiger partial charge >= 0.3 is 0 Å². The summed E-state index contributed by atoms with van der Waals surface area (Å²) in [6.07, 6.45) is 8.75. The van der Waals surface area contributed by atoms with Gasteiger partial charge in [0.25, 0.3) is 0 Å². The molecule has 5 aliphatic carbocycles. The van der Waals surface area contributed by atoms with Crippen LogP contribution >= 0.6 is 11.3 Å². The third-order valence-electron chi connectivity index (χ3n) is 14.7. The highest BCUT2D eigenvalue weighted by Crippen LogP contribution is 2.61. The van der Waals surface area contributed by atoms with Gasteiger partial charge in [0.15, 0.2) is 0 Å². The average Bonchev–Trinajstić information content (AvgIpc) is 3.73. The summed E-state index contributed by atoms with van der Waals surface area (Å²) >= 11 is 1.89. The predicted octanol–water partition coefficient (Wildman–Crippen LogP) is 15.6. The first-order valence-corrected chi connectivity index (χ1v) is 22.0. The lowest BCUT2D eigenvalue weighted by Gasteiger charge is -2.57. The maximum atomic E-state index is 2.48. The van der Waals surface area contributed by atoms with Gasteiger partial charge in [-0.2, -0.15) is 0 Å². The molecule has 1 heterocycles. The molecule has 57 heavy (non-hydrogen) atoms. The second-order valence-corrected chi connectivity index (χ2v) is 19.4. The fourth-order valence-corrected chi connectivity index (χ4v) is 13.5. The van der Waals surface area contributed by atoms with Gasteiger partial charge in [0, 0.05) is 32.3 Å². The molecule has 0 aliphatic heterocycles. The van der Waals surface area contributed by atoms with Gasteiger partial charge in [-0.15, -0.1) is 11.3 Å². The molecular weight excluding hydrogens is 707 g/mol. The van der Waals surface area contributed by atoms with E-state index >= 15 is 0 Å². The summed E-state index contributed by atoms with van der Waals surface area (Å²) in [6.45, 7) is 4.74. The molecule has 0 radical (unpaired) electrons. The van der Waals surface area contributed by atoms with E-state index in [9.17, 15) is 0 Å². The van der Waals surface area contributed by atoms with Crippen LogP contribution in [0.1, 0.15) is 69.1 Å². The maximum Gasteiger partial charge on any atom is 0.0640 e. The molecule has 13 rings (SSSR count). The summed E-state index contributed by atoms with van der Waals surface area (Å²) in [6, 6.07) is 59.8. The van der Waals surface area contributed by atoms with Crippen molar-refractivity contribution in [3.63, 3.8) is 0 Å². The number of nitrogens with zero attached hydrogens (tertiary/aromatic N) is 1. The lowest BCUT2D eigenvalue weighted by atomic mass is 9.48. The Kier molecular flexibility index (Phi) is 7.40. The Morgan fingerprint density at radius 3 is 1.72 bits per heavy atom. The fourth-order valence-electron chi connectivity index (χ4n) is 12.3. The third kappa shape index (κ3) is 5.26. The zero-order chi connectivity index (χ0) is 37.9. The lowest BCUT2D eigenvalue weighted by molar-refractivity contribution is -0.00518. The number of hydrogen-bond acceptors (Lipinski definition) is 2. The van der Waals surface area contributed by atoms with Crippen molar-refractivity contribution in [2.24, 2.45) is 17.8 Å². The van der Waals surface area contributed by atoms with Crippen molar-refractivity contribution in [2.75, 3.05) is 4.90 Å². The largest absolute Gasteiger partial charge is 0.309 e. The molecular formula is C55H47NS. The average molecular weight is 754 g/mol. The van der Waals surface area contributed by atoms with Crippen molar-refractivity contribution in [2.45, 2.75) is 63.2 Å². The van der Waals surface area contributed by atoms with Gasteiger partial charge in [-0.3, -0.25) is 0 Å². The number of anilines is 3. The summed E-state index contributed by atoms with van der Waals surface area (Å²) in [5, 5.41) is 2.63. The van der Waals surface area contributed by atoms with Crippen LogP contribution < -0.4 is 4.90 Å². The summed E-state index contributed by atoms with van der Waals surface area (Å²) < 4.78 is 2.63. The van der Waals surface area contributed by atoms with Gasteiger partial charge in [0.2, 0.25) is 0 Å². The van der Waals surface area contributed by atoms with E-state index in [0.29, 0.717) is 5.41 Å². The van der Waals surface area contributed by atoms with Crippen molar-refractivity contribution in [1.29, 1.82) is 0 Å². The Morgan fingerprint density at radius 2 is 1.04 bits per heavy atom. The van der Waals surface area contributed by atoms with Gasteiger partial charge in [-0.25, -0.2) is 0 Å². The number of benzene rings is 7. The second-order valence-electron chi connectivity index (χ2n) is 18.4. The van der Waals surface area contributed by atoms with E-state index in [0.717, 1.165) is 23.4 Å². The maximum absolute atomic E-state index is 2.48. The van der Waals surface area contributed by atoms with E-state index < -0.39 is 0 Å². The number of hydrogen-bond donors (Lipinski definition) is 0. The first kappa shape index (κ1) is 33.7. The highest BCUT2D eigenvalue weighted by atomic mass is 32.1.